The summed E-state index contributed by atoms with van der Waals surface area (Å²) in [6, 6.07) is 3.10. The largest absolute Gasteiger partial charge is 0.506 e. The van der Waals surface area contributed by atoms with Gasteiger partial charge in [0.15, 0.2) is 0 Å². The molecule has 0 heterocycles. The molecule has 1 aromatic carbocycles. The second-order valence-electron chi connectivity index (χ2n) is 2.46. The van der Waals surface area contributed by atoms with Crippen LogP contribution in [0.15, 0.2) is 18.2 Å². The van der Waals surface area contributed by atoms with Crippen LogP contribution in [0, 0.1) is 0 Å². The Kier molecular flexibility index (Phi) is 3.60. The maximum Gasteiger partial charge on any atom is 0.141 e. The molecule has 3 N–H and O–H groups in total. The SMILES string of the molecule is NCC=Cc1cc(Cl)cc(Cl)c1O. The average Bonchev–Trinajstić information content (AvgIpc) is 2.09. The van der Waals surface area contributed by atoms with E-state index in [9.17, 15) is 5.11 Å². The third-order valence-electron chi connectivity index (χ3n) is 1.49. The topological polar surface area (TPSA) is 46.2 Å². The van der Waals surface area contributed by atoms with Gasteiger partial charge in [-0.2, -0.15) is 0 Å². The lowest BCUT2D eigenvalue weighted by molar-refractivity contribution is 0.474. The highest BCUT2D eigenvalue weighted by Crippen LogP contribution is 2.31. The monoisotopic (exact) mass is 217 g/mol. The molecule has 0 atom stereocenters. The maximum absolute atomic E-state index is 9.47. The quantitative estimate of drug-likeness (QED) is 0.801. The standard InChI is InChI=1S/C9H9Cl2NO/c10-7-4-6(2-1-3-12)9(13)8(11)5-7/h1-2,4-5,13H,3,12H2. The Bertz CT molecular complexity index is 337. The molecule has 1 aromatic rings. The molecule has 0 aliphatic carbocycles. The summed E-state index contributed by atoms with van der Waals surface area (Å²) in [5, 5.41) is 10.2. The average molecular weight is 218 g/mol. The molecule has 0 fully saturated rings. The van der Waals surface area contributed by atoms with Crippen LogP contribution >= 0.6 is 23.2 Å². The molecule has 0 aliphatic heterocycles. The second-order valence-corrected chi connectivity index (χ2v) is 3.31. The lowest BCUT2D eigenvalue weighted by atomic mass is 10.2. The molecule has 0 saturated heterocycles. The van der Waals surface area contributed by atoms with Gasteiger partial charge in [-0.3, -0.25) is 0 Å². The smallest absolute Gasteiger partial charge is 0.141 e. The van der Waals surface area contributed by atoms with E-state index >= 15 is 0 Å². The predicted octanol–water partition coefficient (Wildman–Crippen LogP) is 2.67. The first kappa shape index (κ1) is 10.4. The number of hydrogen-bond donors (Lipinski definition) is 2. The summed E-state index contributed by atoms with van der Waals surface area (Å²) in [6.07, 6.45) is 3.38. The zero-order valence-electron chi connectivity index (χ0n) is 6.80. The number of hydrogen-bond acceptors (Lipinski definition) is 2. The zero-order chi connectivity index (χ0) is 9.84. The summed E-state index contributed by atoms with van der Waals surface area (Å²) in [5.41, 5.74) is 5.84. The van der Waals surface area contributed by atoms with Gasteiger partial charge < -0.3 is 10.8 Å². The van der Waals surface area contributed by atoms with Crippen LogP contribution in [0.3, 0.4) is 0 Å². The summed E-state index contributed by atoms with van der Waals surface area (Å²) in [4.78, 5) is 0. The third kappa shape index (κ3) is 2.62. The first-order valence-electron chi connectivity index (χ1n) is 3.69. The van der Waals surface area contributed by atoms with Crippen molar-refractivity contribution in [3.05, 3.63) is 33.8 Å². The van der Waals surface area contributed by atoms with Gasteiger partial charge in [0.2, 0.25) is 0 Å². The fourth-order valence-corrected chi connectivity index (χ4v) is 1.42. The van der Waals surface area contributed by atoms with Crippen LogP contribution in [0.1, 0.15) is 5.56 Å². The van der Waals surface area contributed by atoms with Crippen molar-refractivity contribution < 1.29 is 5.11 Å². The van der Waals surface area contributed by atoms with E-state index in [2.05, 4.69) is 0 Å². The Morgan fingerprint density at radius 2 is 2.08 bits per heavy atom. The predicted molar refractivity (Wildman–Crippen MR) is 56.2 cm³/mol. The Hall–Kier alpha value is -0.700. The summed E-state index contributed by atoms with van der Waals surface area (Å²) in [5.74, 6) is 0.0239. The fourth-order valence-electron chi connectivity index (χ4n) is 0.908. The molecule has 70 valence electrons. The molecule has 4 heteroatoms. The highest BCUT2D eigenvalue weighted by Gasteiger charge is 2.04. The van der Waals surface area contributed by atoms with Crippen LogP contribution in [0.5, 0.6) is 5.75 Å². The molecule has 0 amide bonds. The molecule has 0 bridgehead atoms. The van der Waals surface area contributed by atoms with E-state index in [4.69, 9.17) is 28.9 Å². The van der Waals surface area contributed by atoms with Crippen LogP contribution < -0.4 is 5.73 Å². The Balaban J connectivity index is 3.12. The summed E-state index contributed by atoms with van der Waals surface area (Å²) < 4.78 is 0. The molecule has 0 unspecified atom stereocenters. The first-order chi connectivity index (χ1) is 6.15. The normalized spacial score (nSPS) is 11.0. The minimum absolute atomic E-state index is 0.0239. The minimum Gasteiger partial charge on any atom is -0.506 e. The van der Waals surface area contributed by atoms with Crippen LogP contribution in [-0.4, -0.2) is 11.7 Å². The van der Waals surface area contributed by atoms with Gasteiger partial charge in [-0.25, -0.2) is 0 Å². The van der Waals surface area contributed by atoms with Gasteiger partial charge in [0.25, 0.3) is 0 Å². The Morgan fingerprint density at radius 3 is 2.69 bits per heavy atom. The number of aromatic hydroxyl groups is 1. The molecular weight excluding hydrogens is 209 g/mol. The van der Waals surface area contributed by atoms with Gasteiger partial charge in [-0.05, 0) is 12.1 Å². The zero-order valence-corrected chi connectivity index (χ0v) is 8.31. The van der Waals surface area contributed by atoms with E-state index in [1.165, 1.54) is 6.07 Å². The Labute approximate surface area is 86.6 Å². The number of phenols is 1. The molecule has 13 heavy (non-hydrogen) atoms. The van der Waals surface area contributed by atoms with Crippen molar-refractivity contribution in [1.29, 1.82) is 0 Å². The van der Waals surface area contributed by atoms with E-state index in [1.807, 2.05) is 0 Å². The van der Waals surface area contributed by atoms with Crippen molar-refractivity contribution in [1.82, 2.24) is 0 Å². The van der Waals surface area contributed by atoms with Gasteiger partial charge in [0.1, 0.15) is 5.75 Å². The van der Waals surface area contributed by atoms with Gasteiger partial charge in [-0.1, -0.05) is 35.4 Å². The Morgan fingerprint density at radius 1 is 1.38 bits per heavy atom. The van der Waals surface area contributed by atoms with Gasteiger partial charge in [0, 0.05) is 17.1 Å². The van der Waals surface area contributed by atoms with Crippen molar-refractivity contribution in [2.75, 3.05) is 6.54 Å². The molecule has 0 saturated carbocycles. The first-order valence-corrected chi connectivity index (χ1v) is 4.45. The highest BCUT2D eigenvalue weighted by molar-refractivity contribution is 6.35. The maximum atomic E-state index is 9.47. The molecule has 0 aromatic heterocycles. The molecular formula is C9H9Cl2NO. The van der Waals surface area contributed by atoms with Gasteiger partial charge in [0.05, 0.1) is 5.02 Å². The molecule has 0 spiro atoms. The van der Waals surface area contributed by atoms with Crippen molar-refractivity contribution in [2.45, 2.75) is 0 Å². The molecule has 0 radical (unpaired) electrons. The van der Waals surface area contributed by atoms with Crippen LogP contribution in [-0.2, 0) is 0 Å². The van der Waals surface area contributed by atoms with E-state index in [0.29, 0.717) is 17.1 Å². The van der Waals surface area contributed by atoms with Crippen molar-refractivity contribution in [3.63, 3.8) is 0 Å². The fraction of sp³-hybridized carbons (Fsp3) is 0.111. The number of rotatable bonds is 2. The van der Waals surface area contributed by atoms with Crippen LogP contribution in [0.2, 0.25) is 10.0 Å². The van der Waals surface area contributed by atoms with E-state index < -0.39 is 0 Å². The second kappa shape index (κ2) is 4.51. The summed E-state index contributed by atoms with van der Waals surface area (Å²) in [6.45, 7) is 0.406. The van der Waals surface area contributed by atoms with Gasteiger partial charge >= 0.3 is 0 Å². The summed E-state index contributed by atoms with van der Waals surface area (Å²) >= 11 is 11.4. The lowest BCUT2D eigenvalue weighted by Crippen LogP contribution is -1.92. The van der Waals surface area contributed by atoms with Crippen molar-refractivity contribution >= 4 is 29.3 Å². The number of phenolic OH excluding ortho intramolecular Hbond substituents is 1. The highest BCUT2D eigenvalue weighted by atomic mass is 35.5. The minimum atomic E-state index is 0.0239. The lowest BCUT2D eigenvalue weighted by Gasteiger charge is -2.02. The van der Waals surface area contributed by atoms with E-state index in [0.717, 1.165) is 0 Å². The summed E-state index contributed by atoms with van der Waals surface area (Å²) in [7, 11) is 0. The van der Waals surface area contributed by atoms with Crippen molar-refractivity contribution in [3.8, 4) is 5.75 Å². The third-order valence-corrected chi connectivity index (χ3v) is 2.00. The van der Waals surface area contributed by atoms with Crippen LogP contribution in [0.25, 0.3) is 6.08 Å². The molecule has 1 rings (SSSR count). The number of nitrogens with two attached hydrogens (primary N) is 1. The molecule has 2 nitrogen and oxygen atoms in total. The van der Waals surface area contributed by atoms with Crippen molar-refractivity contribution in [2.24, 2.45) is 5.73 Å². The van der Waals surface area contributed by atoms with Gasteiger partial charge in [-0.15, -0.1) is 0 Å². The van der Waals surface area contributed by atoms with E-state index in [-0.39, 0.29) is 10.8 Å². The number of halogens is 2. The van der Waals surface area contributed by atoms with Crippen LogP contribution in [0.4, 0.5) is 0 Å². The molecule has 0 aliphatic rings. The number of benzene rings is 1. The van der Waals surface area contributed by atoms with E-state index in [1.54, 1.807) is 18.2 Å².